The van der Waals surface area contributed by atoms with Gasteiger partial charge in [-0.3, -0.25) is 0 Å². The van der Waals surface area contributed by atoms with Crippen molar-refractivity contribution in [2.75, 3.05) is 6.54 Å². The maximum absolute atomic E-state index is 13.1. The number of nitrogens with zero attached hydrogens (tertiary/aromatic N) is 2. The number of halogens is 1. The van der Waals surface area contributed by atoms with Crippen LogP contribution in [0.5, 0.6) is 0 Å². The zero-order valence-corrected chi connectivity index (χ0v) is 13.8. The van der Waals surface area contributed by atoms with Crippen LogP contribution in [0.2, 0.25) is 0 Å². The van der Waals surface area contributed by atoms with Gasteiger partial charge in [0.25, 0.3) is 0 Å². The zero-order chi connectivity index (χ0) is 17.0. The predicted octanol–water partition coefficient (Wildman–Crippen LogP) is 2.69. The highest BCUT2D eigenvalue weighted by atomic mass is 32.2. The van der Waals surface area contributed by atoms with E-state index in [-0.39, 0.29) is 5.75 Å². The summed E-state index contributed by atoms with van der Waals surface area (Å²) in [7, 11) is -3.48. The number of pyridine rings is 1. The van der Waals surface area contributed by atoms with Gasteiger partial charge in [0.15, 0.2) is 0 Å². The molecule has 0 aliphatic carbocycles. The molecule has 3 aromatic rings. The van der Waals surface area contributed by atoms with Gasteiger partial charge in [-0.2, -0.15) is 0 Å². The van der Waals surface area contributed by atoms with E-state index in [1.54, 1.807) is 12.3 Å². The molecule has 0 saturated carbocycles. The van der Waals surface area contributed by atoms with Crippen molar-refractivity contribution in [2.45, 2.75) is 18.7 Å². The van der Waals surface area contributed by atoms with Crippen LogP contribution in [0.1, 0.15) is 12.0 Å². The molecule has 5 nitrogen and oxygen atoms in total. The lowest BCUT2D eigenvalue weighted by Crippen LogP contribution is -2.26. The molecule has 1 N–H and O–H groups in total. The summed E-state index contributed by atoms with van der Waals surface area (Å²) in [6.07, 6.45) is 4.32. The number of aryl methyl sites for hydroxylation is 1. The topological polar surface area (TPSA) is 64.0 Å². The zero-order valence-electron chi connectivity index (χ0n) is 13.0. The molecule has 2 aromatic heterocycles. The van der Waals surface area contributed by atoms with E-state index >= 15 is 0 Å². The van der Waals surface area contributed by atoms with Crippen molar-refractivity contribution in [1.82, 2.24) is 14.3 Å². The first-order valence-corrected chi connectivity index (χ1v) is 9.30. The second-order valence-corrected chi connectivity index (χ2v) is 7.37. The fraction of sp³-hybridized carbons (Fsp3) is 0.235. The molecule has 0 bridgehead atoms. The van der Waals surface area contributed by atoms with E-state index in [2.05, 4.69) is 9.71 Å². The van der Waals surface area contributed by atoms with Crippen LogP contribution in [0.4, 0.5) is 4.39 Å². The second-order valence-electron chi connectivity index (χ2n) is 5.56. The largest absolute Gasteiger partial charge is 0.332 e. The lowest BCUT2D eigenvalue weighted by Gasteiger charge is -2.08. The Kier molecular flexibility index (Phi) is 4.92. The molecule has 0 spiro atoms. The number of hydrogen-bond donors (Lipinski definition) is 1. The second kappa shape index (κ2) is 7.11. The Morgan fingerprint density at radius 1 is 1.17 bits per heavy atom. The summed E-state index contributed by atoms with van der Waals surface area (Å²) < 4.78 is 41.7. The van der Waals surface area contributed by atoms with Gasteiger partial charge in [-0.05, 0) is 42.3 Å². The highest BCUT2D eigenvalue weighted by Crippen LogP contribution is 2.12. The van der Waals surface area contributed by atoms with Gasteiger partial charge in [0, 0.05) is 30.9 Å². The van der Waals surface area contributed by atoms with E-state index in [9.17, 15) is 12.8 Å². The van der Waals surface area contributed by atoms with Gasteiger partial charge in [-0.15, -0.1) is 0 Å². The minimum absolute atomic E-state index is 0.223. The molecule has 24 heavy (non-hydrogen) atoms. The monoisotopic (exact) mass is 347 g/mol. The summed E-state index contributed by atoms with van der Waals surface area (Å²) in [5, 5.41) is 1.06. The third-order valence-electron chi connectivity index (χ3n) is 3.67. The molecular weight excluding hydrogens is 329 g/mol. The summed E-state index contributed by atoms with van der Waals surface area (Å²) >= 11 is 0. The Hall–Kier alpha value is -2.25. The van der Waals surface area contributed by atoms with Crippen molar-refractivity contribution in [2.24, 2.45) is 0 Å². The van der Waals surface area contributed by atoms with Crippen molar-refractivity contribution in [3.63, 3.8) is 0 Å². The predicted molar refractivity (Wildman–Crippen MR) is 91.4 cm³/mol. The molecule has 126 valence electrons. The molecular formula is C17H18FN3O2S. The lowest BCUT2D eigenvalue weighted by atomic mass is 10.2. The normalized spacial score (nSPS) is 11.9. The number of nitrogens with one attached hydrogen (secondary N) is 1. The van der Waals surface area contributed by atoms with Gasteiger partial charge in [-0.25, -0.2) is 22.5 Å². The van der Waals surface area contributed by atoms with Crippen LogP contribution in [-0.2, 0) is 22.3 Å². The summed E-state index contributed by atoms with van der Waals surface area (Å²) in [6.45, 7) is 0.993. The highest BCUT2D eigenvalue weighted by Gasteiger charge is 2.11. The van der Waals surface area contributed by atoms with Crippen molar-refractivity contribution < 1.29 is 12.8 Å². The SMILES string of the molecule is O=S(=O)(Cc1cccc(F)c1)NCCCn1ccc2cccnc21. The number of aromatic nitrogens is 2. The Bertz CT molecular complexity index is 938. The average molecular weight is 347 g/mol. The van der Waals surface area contributed by atoms with Crippen molar-refractivity contribution in [1.29, 1.82) is 0 Å². The molecule has 0 fully saturated rings. The summed E-state index contributed by atoms with van der Waals surface area (Å²) in [5.41, 5.74) is 1.32. The molecule has 0 unspecified atom stereocenters. The van der Waals surface area contributed by atoms with E-state index in [4.69, 9.17) is 0 Å². The molecule has 0 amide bonds. The molecule has 1 aromatic carbocycles. The van der Waals surface area contributed by atoms with Crippen LogP contribution < -0.4 is 4.72 Å². The lowest BCUT2D eigenvalue weighted by molar-refractivity contribution is 0.570. The number of fused-ring (bicyclic) bond motifs is 1. The number of rotatable bonds is 7. The van der Waals surface area contributed by atoms with Crippen LogP contribution in [-0.4, -0.2) is 24.5 Å². The van der Waals surface area contributed by atoms with Crippen LogP contribution in [0.3, 0.4) is 0 Å². The maximum Gasteiger partial charge on any atom is 0.215 e. The molecule has 0 radical (unpaired) electrons. The van der Waals surface area contributed by atoms with Crippen LogP contribution >= 0.6 is 0 Å². The number of hydrogen-bond acceptors (Lipinski definition) is 3. The van der Waals surface area contributed by atoms with E-state index in [0.29, 0.717) is 25.1 Å². The first-order valence-electron chi connectivity index (χ1n) is 7.65. The fourth-order valence-corrected chi connectivity index (χ4v) is 3.75. The summed E-state index contributed by atoms with van der Waals surface area (Å²) in [4.78, 5) is 4.32. The average Bonchev–Trinajstić information content (AvgIpc) is 2.94. The minimum atomic E-state index is -3.48. The molecule has 3 rings (SSSR count). The third-order valence-corrected chi connectivity index (χ3v) is 5.02. The third kappa shape index (κ3) is 4.18. The van der Waals surface area contributed by atoms with Gasteiger partial charge in [0.1, 0.15) is 11.5 Å². The van der Waals surface area contributed by atoms with Gasteiger partial charge < -0.3 is 4.57 Å². The minimum Gasteiger partial charge on any atom is -0.332 e. The Morgan fingerprint density at radius 2 is 2.04 bits per heavy atom. The quantitative estimate of drug-likeness (QED) is 0.668. The van der Waals surface area contributed by atoms with Crippen LogP contribution in [0.25, 0.3) is 11.0 Å². The fourth-order valence-electron chi connectivity index (χ4n) is 2.58. The van der Waals surface area contributed by atoms with Crippen LogP contribution in [0, 0.1) is 5.82 Å². The first-order chi connectivity index (χ1) is 11.5. The van der Waals surface area contributed by atoms with Crippen molar-refractivity contribution in [3.05, 3.63) is 66.2 Å². The molecule has 0 aliphatic heterocycles. The van der Waals surface area contributed by atoms with E-state index in [1.807, 2.05) is 29.0 Å². The van der Waals surface area contributed by atoms with E-state index < -0.39 is 15.8 Å². The Morgan fingerprint density at radius 3 is 2.88 bits per heavy atom. The maximum atomic E-state index is 13.1. The van der Waals surface area contributed by atoms with Gasteiger partial charge in [0.05, 0.1) is 5.75 Å². The van der Waals surface area contributed by atoms with Gasteiger partial charge in [0.2, 0.25) is 10.0 Å². The van der Waals surface area contributed by atoms with E-state index in [1.165, 1.54) is 18.2 Å². The van der Waals surface area contributed by atoms with E-state index in [0.717, 1.165) is 11.0 Å². The molecule has 2 heterocycles. The number of sulfonamides is 1. The smallest absolute Gasteiger partial charge is 0.215 e. The standard InChI is InChI=1S/C17H18FN3O2S/c18-16-6-1-4-14(12-16)13-24(22,23)20-9-3-10-21-11-7-15-5-2-8-19-17(15)21/h1-2,4-8,11-12,20H,3,9-10,13H2. The number of benzene rings is 1. The molecule has 0 aliphatic rings. The Balaban J connectivity index is 1.52. The van der Waals surface area contributed by atoms with Gasteiger partial charge in [-0.1, -0.05) is 12.1 Å². The highest BCUT2D eigenvalue weighted by molar-refractivity contribution is 7.88. The van der Waals surface area contributed by atoms with Crippen LogP contribution in [0.15, 0.2) is 54.9 Å². The summed E-state index contributed by atoms with van der Waals surface area (Å²) in [6, 6.07) is 11.5. The molecule has 0 atom stereocenters. The first kappa shape index (κ1) is 16.6. The molecule has 0 saturated heterocycles. The summed E-state index contributed by atoms with van der Waals surface area (Å²) in [5.74, 6) is -0.659. The van der Waals surface area contributed by atoms with Gasteiger partial charge >= 0.3 is 0 Å². The van der Waals surface area contributed by atoms with Crippen molar-refractivity contribution in [3.8, 4) is 0 Å². The Labute approximate surface area is 140 Å². The van der Waals surface area contributed by atoms with Crippen molar-refractivity contribution >= 4 is 21.1 Å². The molecule has 7 heteroatoms.